The van der Waals surface area contributed by atoms with Crippen LogP contribution < -0.4 is 5.32 Å². The first-order chi connectivity index (χ1) is 11.1. The topological polar surface area (TPSA) is 98.8 Å². The van der Waals surface area contributed by atoms with Gasteiger partial charge in [0.25, 0.3) is 5.69 Å². The van der Waals surface area contributed by atoms with Crippen molar-refractivity contribution in [2.45, 2.75) is 6.54 Å². The number of nitrogens with one attached hydrogen (secondary N) is 1. The zero-order chi connectivity index (χ0) is 16.2. The molecular weight excluding hydrogens is 296 g/mol. The Morgan fingerprint density at radius 3 is 2.78 bits per heavy atom. The molecule has 0 amide bonds. The quantitative estimate of drug-likeness (QED) is 0.574. The second kappa shape index (κ2) is 6.22. The van der Waals surface area contributed by atoms with Gasteiger partial charge in [-0.05, 0) is 22.6 Å². The van der Waals surface area contributed by atoms with Crippen molar-refractivity contribution >= 4 is 11.4 Å². The molecule has 0 aliphatic heterocycles. The van der Waals surface area contributed by atoms with Crippen molar-refractivity contribution in [3.63, 3.8) is 0 Å². The summed E-state index contributed by atoms with van der Waals surface area (Å²) in [5.74, 6) is 0.652. The fourth-order valence-corrected chi connectivity index (χ4v) is 2.28. The van der Waals surface area contributed by atoms with Gasteiger partial charge in [-0.1, -0.05) is 30.3 Å². The van der Waals surface area contributed by atoms with Crippen LogP contribution in [0.4, 0.5) is 11.4 Å². The van der Waals surface area contributed by atoms with Gasteiger partial charge < -0.3 is 5.32 Å². The van der Waals surface area contributed by atoms with Crippen molar-refractivity contribution in [1.82, 2.24) is 20.2 Å². The predicted molar refractivity (Wildman–Crippen MR) is 84.7 cm³/mol. The Hall–Kier alpha value is -3.29. The zero-order valence-corrected chi connectivity index (χ0v) is 12.4. The summed E-state index contributed by atoms with van der Waals surface area (Å²) in [6.07, 6.45) is 0. The summed E-state index contributed by atoms with van der Waals surface area (Å²) < 4.78 is 1.58. The number of nitro benzene ring substituents is 1. The average Bonchev–Trinajstić information content (AvgIpc) is 2.99. The minimum atomic E-state index is -0.376. The Kier molecular flexibility index (Phi) is 3.96. The second-order valence-electron chi connectivity index (χ2n) is 4.95. The number of aromatic nitrogens is 4. The SMILES string of the molecule is Cn1nnnc1-c1cccc(NCc2ccccc2[N+](=O)[O-])c1. The highest BCUT2D eigenvalue weighted by Gasteiger charge is 2.12. The summed E-state index contributed by atoms with van der Waals surface area (Å²) >= 11 is 0. The normalized spacial score (nSPS) is 10.5. The highest BCUT2D eigenvalue weighted by molar-refractivity contribution is 5.62. The number of nitrogens with zero attached hydrogens (tertiary/aromatic N) is 5. The maximum absolute atomic E-state index is 11.0. The van der Waals surface area contributed by atoms with E-state index < -0.39 is 0 Å². The maximum atomic E-state index is 11.0. The van der Waals surface area contributed by atoms with Gasteiger partial charge in [0.2, 0.25) is 0 Å². The van der Waals surface area contributed by atoms with Gasteiger partial charge in [-0.15, -0.1) is 5.10 Å². The largest absolute Gasteiger partial charge is 0.381 e. The molecule has 8 heteroatoms. The van der Waals surface area contributed by atoms with Crippen molar-refractivity contribution in [3.05, 3.63) is 64.2 Å². The van der Waals surface area contributed by atoms with Crippen LogP contribution in [0.5, 0.6) is 0 Å². The third kappa shape index (κ3) is 3.15. The van der Waals surface area contributed by atoms with Crippen molar-refractivity contribution < 1.29 is 4.92 Å². The third-order valence-electron chi connectivity index (χ3n) is 3.41. The molecule has 0 atom stereocenters. The lowest BCUT2D eigenvalue weighted by atomic mass is 10.1. The molecule has 3 aromatic rings. The van der Waals surface area contributed by atoms with Crippen LogP contribution in [0.1, 0.15) is 5.56 Å². The van der Waals surface area contributed by atoms with Crippen LogP contribution in [0.3, 0.4) is 0 Å². The van der Waals surface area contributed by atoms with E-state index in [9.17, 15) is 10.1 Å². The monoisotopic (exact) mass is 310 g/mol. The van der Waals surface area contributed by atoms with E-state index >= 15 is 0 Å². The average molecular weight is 310 g/mol. The molecule has 0 aliphatic rings. The second-order valence-corrected chi connectivity index (χ2v) is 4.95. The van der Waals surface area contributed by atoms with Crippen LogP contribution in [0, 0.1) is 10.1 Å². The number of tetrazole rings is 1. The standard InChI is InChI=1S/C15H14N6O2/c1-20-15(17-18-19-20)11-6-4-7-13(9-11)16-10-12-5-2-3-8-14(12)21(22)23/h2-9,16H,10H2,1H3. The molecule has 0 aliphatic carbocycles. The summed E-state index contributed by atoms with van der Waals surface area (Å²) in [5.41, 5.74) is 2.44. The van der Waals surface area contributed by atoms with Gasteiger partial charge >= 0.3 is 0 Å². The van der Waals surface area contributed by atoms with Crippen LogP contribution in [0.2, 0.25) is 0 Å². The van der Waals surface area contributed by atoms with Crippen LogP contribution >= 0.6 is 0 Å². The number of nitro groups is 1. The van der Waals surface area contributed by atoms with Gasteiger partial charge in [0.1, 0.15) is 0 Å². The van der Waals surface area contributed by atoms with Crippen LogP contribution in [-0.4, -0.2) is 25.1 Å². The molecule has 1 aromatic heterocycles. The molecule has 3 rings (SSSR count). The van der Waals surface area contributed by atoms with Crippen molar-refractivity contribution in [1.29, 1.82) is 0 Å². The fourth-order valence-electron chi connectivity index (χ4n) is 2.28. The first kappa shape index (κ1) is 14.6. The molecule has 23 heavy (non-hydrogen) atoms. The van der Waals surface area contributed by atoms with E-state index in [1.54, 1.807) is 29.9 Å². The van der Waals surface area contributed by atoms with Crippen LogP contribution in [0.25, 0.3) is 11.4 Å². The van der Waals surface area contributed by atoms with Crippen molar-refractivity contribution in [2.75, 3.05) is 5.32 Å². The Bertz CT molecular complexity index is 845. The summed E-state index contributed by atoms with van der Waals surface area (Å²) in [6.45, 7) is 0.359. The highest BCUT2D eigenvalue weighted by Crippen LogP contribution is 2.22. The highest BCUT2D eigenvalue weighted by atomic mass is 16.6. The number of anilines is 1. The van der Waals surface area contributed by atoms with Crippen LogP contribution in [0.15, 0.2) is 48.5 Å². The Labute approximate surface area is 131 Å². The third-order valence-corrected chi connectivity index (χ3v) is 3.41. The van der Waals surface area contributed by atoms with Gasteiger partial charge in [-0.2, -0.15) is 0 Å². The van der Waals surface area contributed by atoms with Gasteiger partial charge in [0.15, 0.2) is 5.82 Å². The zero-order valence-electron chi connectivity index (χ0n) is 12.4. The van der Waals surface area contributed by atoms with Crippen LogP contribution in [-0.2, 0) is 13.6 Å². The number of benzene rings is 2. The van der Waals surface area contributed by atoms with E-state index in [1.807, 2.05) is 24.3 Å². The van der Waals surface area contributed by atoms with Gasteiger partial charge in [0, 0.05) is 36.5 Å². The minimum Gasteiger partial charge on any atom is -0.381 e. The summed E-state index contributed by atoms with van der Waals surface area (Å²) in [6, 6.07) is 14.3. The van der Waals surface area contributed by atoms with Crippen molar-refractivity contribution in [3.8, 4) is 11.4 Å². The van der Waals surface area contributed by atoms with Crippen molar-refractivity contribution in [2.24, 2.45) is 7.05 Å². The number of hydrogen-bond donors (Lipinski definition) is 1. The van der Waals surface area contributed by atoms with E-state index in [2.05, 4.69) is 20.8 Å². The molecule has 116 valence electrons. The van der Waals surface area contributed by atoms with Gasteiger partial charge in [0.05, 0.1) is 4.92 Å². The Balaban J connectivity index is 1.80. The number of aryl methyl sites for hydroxylation is 1. The molecule has 1 N–H and O–H groups in total. The first-order valence-electron chi connectivity index (χ1n) is 6.94. The molecule has 0 saturated heterocycles. The summed E-state index contributed by atoms with van der Waals surface area (Å²) in [7, 11) is 1.77. The predicted octanol–water partition coefficient (Wildman–Crippen LogP) is 2.40. The van der Waals surface area contributed by atoms with E-state index in [-0.39, 0.29) is 10.6 Å². The maximum Gasteiger partial charge on any atom is 0.274 e. The Morgan fingerprint density at radius 1 is 1.22 bits per heavy atom. The molecular formula is C15H14N6O2. The van der Waals surface area contributed by atoms with E-state index in [0.717, 1.165) is 11.3 Å². The van der Waals surface area contributed by atoms with Gasteiger partial charge in [-0.25, -0.2) is 4.68 Å². The number of para-hydroxylation sites is 1. The lowest BCUT2D eigenvalue weighted by Crippen LogP contribution is -2.03. The molecule has 0 unspecified atom stereocenters. The molecule has 8 nitrogen and oxygen atoms in total. The molecule has 0 bridgehead atoms. The molecule has 0 fully saturated rings. The van der Waals surface area contributed by atoms with E-state index in [1.165, 1.54) is 6.07 Å². The smallest absolute Gasteiger partial charge is 0.274 e. The lowest BCUT2D eigenvalue weighted by Gasteiger charge is -2.08. The first-order valence-corrected chi connectivity index (χ1v) is 6.94. The summed E-state index contributed by atoms with van der Waals surface area (Å²) in [4.78, 5) is 10.7. The molecule has 0 spiro atoms. The fraction of sp³-hybridized carbons (Fsp3) is 0.133. The minimum absolute atomic E-state index is 0.105. The number of rotatable bonds is 5. The molecule has 1 heterocycles. The lowest BCUT2D eigenvalue weighted by molar-refractivity contribution is -0.385. The van der Waals surface area contributed by atoms with Gasteiger partial charge in [-0.3, -0.25) is 10.1 Å². The number of hydrogen-bond acceptors (Lipinski definition) is 6. The summed E-state index contributed by atoms with van der Waals surface area (Å²) in [5, 5.41) is 25.6. The van der Waals surface area contributed by atoms with E-state index in [0.29, 0.717) is 17.9 Å². The van der Waals surface area contributed by atoms with E-state index in [4.69, 9.17) is 0 Å². The molecule has 0 saturated carbocycles. The molecule has 0 radical (unpaired) electrons. The molecule has 2 aromatic carbocycles. The Morgan fingerprint density at radius 2 is 2.04 bits per heavy atom.